The predicted octanol–water partition coefficient (Wildman–Crippen LogP) is 4.17. The lowest BCUT2D eigenvalue weighted by atomic mass is 10.0. The van der Waals surface area contributed by atoms with Gasteiger partial charge in [0.25, 0.3) is 0 Å². The van der Waals surface area contributed by atoms with Crippen LogP contribution in [-0.2, 0) is 11.2 Å². The molecule has 0 heterocycles. The first-order valence-electron chi connectivity index (χ1n) is 7.83. The molecule has 1 unspecified atom stereocenters. The number of ether oxygens (including phenoxy) is 2. The van der Waals surface area contributed by atoms with Gasteiger partial charge in [0, 0.05) is 5.02 Å². The minimum Gasteiger partial charge on any atom is -0.493 e. The summed E-state index contributed by atoms with van der Waals surface area (Å²) in [5, 5.41) is 3.69. The van der Waals surface area contributed by atoms with E-state index in [0.717, 1.165) is 17.5 Å². The van der Waals surface area contributed by atoms with Gasteiger partial charge in [-0.25, -0.2) is 0 Å². The number of hydrogen-bond acceptors (Lipinski definition) is 3. The number of methoxy groups -OCH3 is 2. The average Bonchev–Trinajstić information content (AvgIpc) is 2.59. The van der Waals surface area contributed by atoms with Gasteiger partial charge in [-0.05, 0) is 41.8 Å². The SMILES string of the molecule is CCC(NC(=O)Cc1cccc(Cl)c1)c1ccc(OC)c(OC)c1. The van der Waals surface area contributed by atoms with Gasteiger partial charge in [0.15, 0.2) is 11.5 Å². The van der Waals surface area contributed by atoms with E-state index in [-0.39, 0.29) is 11.9 Å². The van der Waals surface area contributed by atoms with Crippen LogP contribution in [0.5, 0.6) is 11.5 Å². The summed E-state index contributed by atoms with van der Waals surface area (Å²) >= 11 is 5.96. The lowest BCUT2D eigenvalue weighted by molar-refractivity contribution is -0.121. The molecule has 0 saturated heterocycles. The normalized spacial score (nSPS) is 11.7. The number of amides is 1. The molecule has 1 atom stereocenters. The molecule has 0 aliphatic carbocycles. The Morgan fingerprint density at radius 3 is 2.50 bits per heavy atom. The molecule has 24 heavy (non-hydrogen) atoms. The Kier molecular flexibility index (Phi) is 6.50. The largest absolute Gasteiger partial charge is 0.493 e. The molecule has 0 radical (unpaired) electrons. The lowest BCUT2D eigenvalue weighted by Gasteiger charge is -2.19. The maximum absolute atomic E-state index is 12.3. The monoisotopic (exact) mass is 347 g/mol. The summed E-state index contributed by atoms with van der Waals surface area (Å²) in [5.41, 5.74) is 1.87. The summed E-state index contributed by atoms with van der Waals surface area (Å²) in [5.74, 6) is 1.28. The molecule has 0 aromatic heterocycles. The number of nitrogens with one attached hydrogen (secondary N) is 1. The molecule has 2 aromatic rings. The molecular weight excluding hydrogens is 326 g/mol. The molecule has 2 aromatic carbocycles. The fourth-order valence-electron chi connectivity index (χ4n) is 2.57. The Morgan fingerprint density at radius 1 is 1.12 bits per heavy atom. The topological polar surface area (TPSA) is 47.6 Å². The van der Waals surface area contributed by atoms with Crippen LogP contribution in [-0.4, -0.2) is 20.1 Å². The molecule has 1 amide bonds. The zero-order chi connectivity index (χ0) is 17.5. The van der Waals surface area contributed by atoms with E-state index in [1.54, 1.807) is 26.4 Å². The number of rotatable bonds is 7. The van der Waals surface area contributed by atoms with Gasteiger partial charge >= 0.3 is 0 Å². The smallest absolute Gasteiger partial charge is 0.224 e. The van der Waals surface area contributed by atoms with E-state index in [1.807, 2.05) is 37.3 Å². The molecule has 0 spiro atoms. The van der Waals surface area contributed by atoms with Crippen LogP contribution in [0.15, 0.2) is 42.5 Å². The van der Waals surface area contributed by atoms with Crippen molar-refractivity contribution in [3.8, 4) is 11.5 Å². The van der Waals surface area contributed by atoms with Crippen LogP contribution < -0.4 is 14.8 Å². The first-order chi connectivity index (χ1) is 11.6. The Bertz CT molecular complexity index is 703. The van der Waals surface area contributed by atoms with E-state index in [0.29, 0.717) is 22.9 Å². The van der Waals surface area contributed by atoms with Crippen molar-refractivity contribution in [2.24, 2.45) is 0 Å². The number of hydrogen-bond donors (Lipinski definition) is 1. The molecule has 0 fully saturated rings. The van der Waals surface area contributed by atoms with Crippen LogP contribution in [0.4, 0.5) is 0 Å². The third-order valence-corrected chi connectivity index (χ3v) is 4.04. The third-order valence-electron chi connectivity index (χ3n) is 3.81. The maximum atomic E-state index is 12.3. The van der Waals surface area contributed by atoms with Crippen molar-refractivity contribution in [3.63, 3.8) is 0 Å². The van der Waals surface area contributed by atoms with Gasteiger partial charge in [-0.3, -0.25) is 4.79 Å². The Hall–Kier alpha value is -2.20. The van der Waals surface area contributed by atoms with Crippen LogP contribution in [0.3, 0.4) is 0 Å². The van der Waals surface area contributed by atoms with E-state index in [4.69, 9.17) is 21.1 Å². The molecule has 0 bridgehead atoms. The van der Waals surface area contributed by atoms with Gasteiger partial charge in [-0.1, -0.05) is 36.7 Å². The third kappa shape index (κ3) is 4.65. The molecular formula is C19H22ClNO3. The Balaban J connectivity index is 2.09. The van der Waals surface area contributed by atoms with Crippen molar-refractivity contribution in [3.05, 3.63) is 58.6 Å². The number of carbonyl (C=O) groups excluding carboxylic acids is 1. The van der Waals surface area contributed by atoms with Crippen LogP contribution in [0.1, 0.15) is 30.5 Å². The van der Waals surface area contributed by atoms with Crippen molar-refractivity contribution in [2.75, 3.05) is 14.2 Å². The van der Waals surface area contributed by atoms with Crippen molar-refractivity contribution < 1.29 is 14.3 Å². The molecule has 1 N–H and O–H groups in total. The van der Waals surface area contributed by atoms with E-state index < -0.39 is 0 Å². The first kappa shape index (κ1) is 18.1. The second kappa shape index (κ2) is 8.60. The second-order valence-electron chi connectivity index (χ2n) is 5.45. The van der Waals surface area contributed by atoms with E-state index in [9.17, 15) is 4.79 Å². The van der Waals surface area contributed by atoms with E-state index in [1.165, 1.54) is 0 Å². The zero-order valence-electron chi connectivity index (χ0n) is 14.1. The highest BCUT2D eigenvalue weighted by Crippen LogP contribution is 2.30. The van der Waals surface area contributed by atoms with Gasteiger partial charge < -0.3 is 14.8 Å². The zero-order valence-corrected chi connectivity index (χ0v) is 14.9. The summed E-state index contributed by atoms with van der Waals surface area (Å²) < 4.78 is 10.6. The standard InChI is InChI=1S/C19H22ClNO3/c1-4-16(14-8-9-17(23-2)18(12-14)24-3)21-19(22)11-13-6-5-7-15(20)10-13/h5-10,12,16H,4,11H2,1-3H3,(H,21,22). The first-order valence-corrected chi connectivity index (χ1v) is 8.21. The molecule has 0 aliphatic heterocycles. The minimum absolute atomic E-state index is 0.0427. The summed E-state index contributed by atoms with van der Waals surface area (Å²) in [4.78, 5) is 12.3. The number of halogens is 1. The highest BCUT2D eigenvalue weighted by atomic mass is 35.5. The van der Waals surface area contributed by atoms with Crippen LogP contribution in [0.2, 0.25) is 5.02 Å². The van der Waals surface area contributed by atoms with Crippen LogP contribution in [0, 0.1) is 0 Å². The van der Waals surface area contributed by atoms with Crippen molar-refractivity contribution in [1.29, 1.82) is 0 Å². The predicted molar refractivity (Wildman–Crippen MR) is 95.9 cm³/mol. The average molecular weight is 348 g/mol. The quantitative estimate of drug-likeness (QED) is 0.817. The molecule has 5 heteroatoms. The molecule has 128 valence electrons. The van der Waals surface area contributed by atoms with Crippen molar-refractivity contribution in [2.45, 2.75) is 25.8 Å². The van der Waals surface area contributed by atoms with Crippen LogP contribution >= 0.6 is 11.6 Å². The summed E-state index contributed by atoms with van der Waals surface area (Å²) in [6, 6.07) is 12.9. The minimum atomic E-state index is -0.0866. The molecule has 0 aliphatic rings. The molecule has 2 rings (SSSR count). The van der Waals surface area contributed by atoms with Gasteiger partial charge in [0.1, 0.15) is 0 Å². The second-order valence-corrected chi connectivity index (χ2v) is 5.89. The number of benzene rings is 2. The lowest BCUT2D eigenvalue weighted by Crippen LogP contribution is -2.29. The maximum Gasteiger partial charge on any atom is 0.224 e. The van der Waals surface area contributed by atoms with E-state index >= 15 is 0 Å². The highest BCUT2D eigenvalue weighted by Gasteiger charge is 2.15. The summed E-state index contributed by atoms with van der Waals surface area (Å²) in [6.07, 6.45) is 1.07. The van der Waals surface area contributed by atoms with Crippen molar-refractivity contribution in [1.82, 2.24) is 5.32 Å². The van der Waals surface area contributed by atoms with Gasteiger partial charge in [-0.2, -0.15) is 0 Å². The van der Waals surface area contributed by atoms with Gasteiger partial charge in [0.2, 0.25) is 5.91 Å². The fourth-order valence-corrected chi connectivity index (χ4v) is 2.78. The molecule has 4 nitrogen and oxygen atoms in total. The van der Waals surface area contributed by atoms with Gasteiger partial charge in [-0.15, -0.1) is 0 Å². The Labute approximate surface area is 147 Å². The Morgan fingerprint density at radius 2 is 1.88 bits per heavy atom. The molecule has 0 saturated carbocycles. The van der Waals surface area contributed by atoms with Crippen LogP contribution in [0.25, 0.3) is 0 Å². The van der Waals surface area contributed by atoms with Gasteiger partial charge in [0.05, 0.1) is 26.7 Å². The highest BCUT2D eigenvalue weighted by molar-refractivity contribution is 6.30. The van der Waals surface area contributed by atoms with Crippen molar-refractivity contribution >= 4 is 17.5 Å². The fraction of sp³-hybridized carbons (Fsp3) is 0.316. The summed E-state index contributed by atoms with van der Waals surface area (Å²) in [6.45, 7) is 2.03. The van der Waals surface area contributed by atoms with E-state index in [2.05, 4.69) is 5.32 Å². The number of carbonyl (C=O) groups is 1. The summed E-state index contributed by atoms with van der Waals surface area (Å²) in [7, 11) is 3.20.